The van der Waals surface area contributed by atoms with Crippen LogP contribution in [0.5, 0.6) is 0 Å². The van der Waals surface area contributed by atoms with Crippen LogP contribution < -0.4 is 5.32 Å². The lowest BCUT2D eigenvalue weighted by molar-refractivity contribution is -0.114. The molecule has 2 nitrogen and oxygen atoms in total. The van der Waals surface area contributed by atoms with Crippen molar-refractivity contribution in [1.82, 2.24) is 0 Å². The van der Waals surface area contributed by atoms with Crippen LogP contribution in [-0.4, -0.2) is 5.91 Å². The fourth-order valence-corrected chi connectivity index (χ4v) is 2.19. The number of nitrogens with one attached hydrogen (secondary N) is 1. The number of para-hydroxylation sites is 1. The van der Waals surface area contributed by atoms with Crippen LogP contribution in [0.15, 0.2) is 53.0 Å². The Morgan fingerprint density at radius 1 is 1.00 bits per heavy atom. The topological polar surface area (TPSA) is 29.1 Å². The molecule has 0 saturated heterocycles. The van der Waals surface area contributed by atoms with Gasteiger partial charge in [0.2, 0.25) is 5.91 Å². The zero-order chi connectivity index (χ0) is 12.3. The molecular formula is C14H12BrNO. The number of halogens is 1. The standard InChI is InChI=1S/C14H12BrNO/c1-10(17)16-14-9-5-3-7-12(14)11-6-2-4-8-13(11)15/h2-9H,1H3,(H,16,17). The normalized spacial score (nSPS) is 10.0. The van der Waals surface area contributed by atoms with E-state index >= 15 is 0 Å². The van der Waals surface area contributed by atoms with E-state index < -0.39 is 0 Å². The van der Waals surface area contributed by atoms with Gasteiger partial charge in [-0.25, -0.2) is 0 Å². The second kappa shape index (κ2) is 5.15. The molecule has 0 saturated carbocycles. The summed E-state index contributed by atoms with van der Waals surface area (Å²) in [5.74, 6) is -0.0653. The Balaban J connectivity index is 2.52. The summed E-state index contributed by atoms with van der Waals surface area (Å²) < 4.78 is 1.01. The van der Waals surface area contributed by atoms with E-state index in [-0.39, 0.29) is 5.91 Å². The van der Waals surface area contributed by atoms with Gasteiger partial charge in [0, 0.05) is 22.6 Å². The van der Waals surface area contributed by atoms with Crippen molar-refractivity contribution in [3.63, 3.8) is 0 Å². The maximum Gasteiger partial charge on any atom is 0.221 e. The summed E-state index contributed by atoms with van der Waals surface area (Å²) in [5, 5.41) is 2.84. The minimum Gasteiger partial charge on any atom is -0.326 e. The molecule has 2 rings (SSSR count). The van der Waals surface area contributed by atoms with Crippen LogP contribution >= 0.6 is 15.9 Å². The van der Waals surface area contributed by atoms with Crippen LogP contribution in [0.4, 0.5) is 5.69 Å². The maximum atomic E-state index is 11.2. The molecule has 0 fully saturated rings. The van der Waals surface area contributed by atoms with Crippen molar-refractivity contribution in [2.45, 2.75) is 6.92 Å². The molecule has 2 aromatic carbocycles. The highest BCUT2D eigenvalue weighted by Crippen LogP contribution is 2.33. The zero-order valence-electron chi connectivity index (χ0n) is 9.41. The maximum absolute atomic E-state index is 11.2. The number of carbonyl (C=O) groups is 1. The fraction of sp³-hybridized carbons (Fsp3) is 0.0714. The Kier molecular flexibility index (Phi) is 3.59. The van der Waals surface area contributed by atoms with E-state index in [9.17, 15) is 4.79 Å². The summed E-state index contributed by atoms with van der Waals surface area (Å²) in [5.41, 5.74) is 2.90. The number of carbonyl (C=O) groups excluding carboxylic acids is 1. The van der Waals surface area contributed by atoms with Crippen molar-refractivity contribution < 1.29 is 4.79 Å². The van der Waals surface area contributed by atoms with Gasteiger partial charge in [-0.2, -0.15) is 0 Å². The SMILES string of the molecule is CC(=O)Nc1ccccc1-c1ccccc1Br. The summed E-state index contributed by atoms with van der Waals surface area (Å²) in [6.07, 6.45) is 0. The summed E-state index contributed by atoms with van der Waals surface area (Å²) in [6.45, 7) is 1.51. The van der Waals surface area contributed by atoms with Crippen LogP contribution in [0, 0.1) is 0 Å². The number of anilines is 1. The number of amides is 1. The van der Waals surface area contributed by atoms with Gasteiger partial charge in [-0.15, -0.1) is 0 Å². The molecule has 1 amide bonds. The number of benzene rings is 2. The molecule has 0 radical (unpaired) electrons. The summed E-state index contributed by atoms with van der Waals surface area (Å²) in [7, 11) is 0. The van der Waals surface area contributed by atoms with E-state index in [1.54, 1.807) is 0 Å². The Hall–Kier alpha value is -1.61. The first kappa shape index (κ1) is 11.9. The van der Waals surface area contributed by atoms with Crippen molar-refractivity contribution in [3.05, 3.63) is 53.0 Å². The lowest BCUT2D eigenvalue weighted by atomic mass is 10.0. The molecule has 0 bridgehead atoms. The molecule has 0 aliphatic rings. The highest BCUT2D eigenvalue weighted by molar-refractivity contribution is 9.10. The highest BCUT2D eigenvalue weighted by Gasteiger charge is 2.07. The Labute approximate surface area is 109 Å². The van der Waals surface area contributed by atoms with Gasteiger partial charge in [-0.05, 0) is 17.7 Å². The molecule has 0 heterocycles. The second-order valence-corrected chi connectivity index (χ2v) is 4.56. The van der Waals surface area contributed by atoms with Crippen molar-refractivity contribution in [2.24, 2.45) is 0 Å². The first-order chi connectivity index (χ1) is 8.18. The number of rotatable bonds is 2. The van der Waals surface area contributed by atoms with Gasteiger partial charge in [0.15, 0.2) is 0 Å². The average Bonchev–Trinajstić information content (AvgIpc) is 2.30. The van der Waals surface area contributed by atoms with E-state index in [0.717, 1.165) is 21.3 Å². The monoisotopic (exact) mass is 289 g/mol. The molecule has 0 unspecified atom stereocenters. The van der Waals surface area contributed by atoms with Gasteiger partial charge < -0.3 is 5.32 Å². The third-order valence-electron chi connectivity index (χ3n) is 2.40. The van der Waals surface area contributed by atoms with Gasteiger partial charge in [-0.1, -0.05) is 52.3 Å². The molecule has 0 spiro atoms. The Morgan fingerprint density at radius 2 is 1.59 bits per heavy atom. The van der Waals surface area contributed by atoms with Gasteiger partial charge in [0.25, 0.3) is 0 Å². The Bertz CT molecular complexity index is 551. The molecule has 0 atom stereocenters. The minimum atomic E-state index is -0.0653. The van der Waals surface area contributed by atoms with Gasteiger partial charge >= 0.3 is 0 Å². The number of hydrogen-bond acceptors (Lipinski definition) is 1. The second-order valence-electron chi connectivity index (χ2n) is 3.71. The van der Waals surface area contributed by atoms with Crippen molar-refractivity contribution in [1.29, 1.82) is 0 Å². The van der Waals surface area contributed by atoms with Crippen molar-refractivity contribution >= 4 is 27.5 Å². The lowest BCUT2D eigenvalue weighted by Gasteiger charge is -2.11. The third-order valence-corrected chi connectivity index (χ3v) is 3.09. The number of hydrogen-bond donors (Lipinski definition) is 1. The fourth-order valence-electron chi connectivity index (χ4n) is 1.70. The molecular weight excluding hydrogens is 278 g/mol. The Morgan fingerprint density at radius 3 is 2.24 bits per heavy atom. The molecule has 0 aliphatic carbocycles. The quantitative estimate of drug-likeness (QED) is 0.887. The van der Waals surface area contributed by atoms with Crippen LogP contribution in [-0.2, 0) is 4.79 Å². The first-order valence-corrected chi connectivity index (χ1v) is 6.09. The molecule has 2 aromatic rings. The average molecular weight is 290 g/mol. The molecule has 3 heteroatoms. The lowest BCUT2D eigenvalue weighted by Crippen LogP contribution is -2.06. The molecule has 0 aliphatic heterocycles. The highest BCUT2D eigenvalue weighted by atomic mass is 79.9. The zero-order valence-corrected chi connectivity index (χ0v) is 11.0. The van der Waals surface area contributed by atoms with Gasteiger partial charge in [0.1, 0.15) is 0 Å². The van der Waals surface area contributed by atoms with E-state index in [0.29, 0.717) is 0 Å². The van der Waals surface area contributed by atoms with Gasteiger partial charge in [0.05, 0.1) is 0 Å². The van der Waals surface area contributed by atoms with E-state index in [2.05, 4.69) is 21.2 Å². The van der Waals surface area contributed by atoms with E-state index in [1.165, 1.54) is 6.92 Å². The first-order valence-electron chi connectivity index (χ1n) is 5.30. The van der Waals surface area contributed by atoms with Crippen LogP contribution in [0.2, 0.25) is 0 Å². The summed E-state index contributed by atoms with van der Waals surface area (Å²) >= 11 is 3.52. The summed E-state index contributed by atoms with van der Waals surface area (Å²) in [6, 6.07) is 15.7. The smallest absolute Gasteiger partial charge is 0.221 e. The predicted octanol–water partition coefficient (Wildman–Crippen LogP) is 4.07. The summed E-state index contributed by atoms with van der Waals surface area (Å²) in [4.78, 5) is 11.2. The molecule has 0 aromatic heterocycles. The largest absolute Gasteiger partial charge is 0.326 e. The van der Waals surface area contributed by atoms with Crippen molar-refractivity contribution in [2.75, 3.05) is 5.32 Å². The minimum absolute atomic E-state index is 0.0653. The molecule has 1 N–H and O–H groups in total. The van der Waals surface area contributed by atoms with Crippen LogP contribution in [0.1, 0.15) is 6.92 Å². The van der Waals surface area contributed by atoms with E-state index in [1.807, 2.05) is 48.5 Å². The van der Waals surface area contributed by atoms with Gasteiger partial charge in [-0.3, -0.25) is 4.79 Å². The predicted molar refractivity (Wildman–Crippen MR) is 73.9 cm³/mol. The van der Waals surface area contributed by atoms with Crippen LogP contribution in [0.25, 0.3) is 11.1 Å². The molecule has 17 heavy (non-hydrogen) atoms. The molecule has 86 valence electrons. The van der Waals surface area contributed by atoms with E-state index in [4.69, 9.17) is 0 Å². The third kappa shape index (κ3) is 2.74. The van der Waals surface area contributed by atoms with Crippen molar-refractivity contribution in [3.8, 4) is 11.1 Å². The van der Waals surface area contributed by atoms with Crippen LogP contribution in [0.3, 0.4) is 0 Å².